The third-order valence-corrected chi connectivity index (χ3v) is 3.98. The summed E-state index contributed by atoms with van der Waals surface area (Å²) in [5.41, 5.74) is 0.607. The van der Waals surface area contributed by atoms with E-state index in [9.17, 15) is 9.90 Å². The maximum atomic E-state index is 12.4. The number of benzene rings is 1. The Morgan fingerprint density at radius 1 is 1.19 bits per heavy atom. The predicted molar refractivity (Wildman–Crippen MR) is 83.8 cm³/mol. The van der Waals surface area contributed by atoms with Crippen molar-refractivity contribution in [1.29, 1.82) is 0 Å². The van der Waals surface area contributed by atoms with Crippen LogP contribution in [0.4, 0.5) is 5.69 Å². The molecule has 0 radical (unpaired) electrons. The molecule has 1 fully saturated rings. The topological polar surface area (TPSA) is 54.3 Å². The monoisotopic (exact) mass is 344 g/mol. The van der Waals surface area contributed by atoms with Gasteiger partial charge in [-0.2, -0.15) is 0 Å². The lowest BCUT2D eigenvalue weighted by Crippen LogP contribution is -2.16. The molecule has 2 aromatic rings. The van der Waals surface area contributed by atoms with Crippen molar-refractivity contribution in [3.63, 3.8) is 0 Å². The molecule has 1 heterocycles. The van der Waals surface area contributed by atoms with Crippen LogP contribution in [0.3, 0.4) is 0 Å². The average molecular weight is 346 g/mol. The maximum Gasteiger partial charge on any atom is 0.272 e. The third kappa shape index (κ3) is 2.98. The van der Waals surface area contributed by atoms with Crippen LogP contribution in [0.5, 0.6) is 5.75 Å². The van der Waals surface area contributed by atoms with Gasteiger partial charge in [-0.1, -0.05) is 34.8 Å². The number of carbonyl (C=O) groups is 1. The number of phenolic OH excluding ortho intramolecular Hbond substituents is 1. The molecular formula is C14H11Cl3N2O2. The van der Waals surface area contributed by atoms with Crippen molar-refractivity contribution in [3.05, 3.63) is 45.2 Å². The standard InChI is InChI=1S/C14H11Cl3N2O2/c15-7-3-10(17)13(20)11(4-7)18-14(21)12-5-8(16)6-19(12)9-1-2-9/h3-6,9,20H,1-2H2,(H,18,21). The maximum absolute atomic E-state index is 12.4. The van der Waals surface area contributed by atoms with E-state index < -0.39 is 0 Å². The van der Waals surface area contributed by atoms with Gasteiger partial charge in [0, 0.05) is 17.3 Å². The number of amides is 1. The van der Waals surface area contributed by atoms with Crippen LogP contribution in [0.1, 0.15) is 29.4 Å². The number of aromatic nitrogens is 1. The highest BCUT2D eigenvalue weighted by Crippen LogP contribution is 2.38. The second kappa shape index (κ2) is 5.44. The van der Waals surface area contributed by atoms with E-state index in [0.717, 1.165) is 12.8 Å². The van der Waals surface area contributed by atoms with Gasteiger partial charge in [0.25, 0.3) is 5.91 Å². The number of carbonyl (C=O) groups excluding carboxylic acids is 1. The van der Waals surface area contributed by atoms with E-state index in [-0.39, 0.29) is 22.4 Å². The Labute approximate surface area is 136 Å². The molecule has 0 unspecified atom stereocenters. The summed E-state index contributed by atoms with van der Waals surface area (Å²) in [7, 11) is 0. The van der Waals surface area contributed by atoms with Gasteiger partial charge in [0.2, 0.25) is 0 Å². The number of phenols is 1. The zero-order valence-electron chi connectivity index (χ0n) is 10.7. The van der Waals surface area contributed by atoms with Gasteiger partial charge in [-0.15, -0.1) is 0 Å². The molecule has 7 heteroatoms. The first-order valence-corrected chi connectivity index (χ1v) is 7.46. The summed E-state index contributed by atoms with van der Waals surface area (Å²) in [5, 5.41) is 13.4. The molecule has 1 aromatic heterocycles. The first-order valence-electron chi connectivity index (χ1n) is 6.32. The van der Waals surface area contributed by atoms with Crippen molar-refractivity contribution in [2.45, 2.75) is 18.9 Å². The highest BCUT2D eigenvalue weighted by Gasteiger charge is 2.28. The van der Waals surface area contributed by atoms with Gasteiger partial charge in [-0.05, 0) is 31.0 Å². The average Bonchev–Trinajstić information content (AvgIpc) is 3.18. The number of hydrogen-bond donors (Lipinski definition) is 2. The molecule has 3 rings (SSSR count). The van der Waals surface area contributed by atoms with E-state index in [2.05, 4.69) is 5.32 Å². The van der Waals surface area contributed by atoms with E-state index in [1.165, 1.54) is 12.1 Å². The minimum Gasteiger partial charge on any atom is -0.504 e. The van der Waals surface area contributed by atoms with Gasteiger partial charge in [-0.25, -0.2) is 0 Å². The van der Waals surface area contributed by atoms with Crippen LogP contribution in [-0.2, 0) is 0 Å². The zero-order valence-corrected chi connectivity index (χ0v) is 13.0. The fourth-order valence-corrected chi connectivity index (χ4v) is 2.83. The molecule has 0 atom stereocenters. The smallest absolute Gasteiger partial charge is 0.272 e. The van der Waals surface area contributed by atoms with E-state index in [1.807, 2.05) is 4.57 Å². The van der Waals surface area contributed by atoms with E-state index in [0.29, 0.717) is 21.8 Å². The number of halogens is 3. The van der Waals surface area contributed by atoms with Gasteiger partial charge in [0.05, 0.1) is 15.7 Å². The summed E-state index contributed by atoms with van der Waals surface area (Å²) in [6, 6.07) is 4.75. The van der Waals surface area contributed by atoms with Crippen molar-refractivity contribution >= 4 is 46.4 Å². The minimum atomic E-state index is -0.373. The van der Waals surface area contributed by atoms with Crippen LogP contribution in [-0.4, -0.2) is 15.6 Å². The molecule has 1 amide bonds. The summed E-state index contributed by atoms with van der Waals surface area (Å²) in [6.45, 7) is 0. The molecule has 0 aliphatic heterocycles. The number of nitrogens with zero attached hydrogens (tertiary/aromatic N) is 1. The second-order valence-corrected chi connectivity index (χ2v) is 6.20. The van der Waals surface area contributed by atoms with Gasteiger partial charge in [-0.3, -0.25) is 4.79 Å². The van der Waals surface area contributed by atoms with Gasteiger partial charge >= 0.3 is 0 Å². The van der Waals surface area contributed by atoms with Crippen molar-refractivity contribution in [3.8, 4) is 5.75 Å². The summed E-state index contributed by atoms with van der Waals surface area (Å²) in [4.78, 5) is 12.4. The Bertz CT molecular complexity index is 723. The molecule has 21 heavy (non-hydrogen) atoms. The van der Waals surface area contributed by atoms with Crippen LogP contribution < -0.4 is 5.32 Å². The highest BCUT2D eigenvalue weighted by atomic mass is 35.5. The molecule has 4 nitrogen and oxygen atoms in total. The van der Waals surface area contributed by atoms with E-state index in [1.54, 1.807) is 12.3 Å². The van der Waals surface area contributed by atoms with Crippen molar-refractivity contribution < 1.29 is 9.90 Å². The number of rotatable bonds is 3. The fourth-order valence-electron chi connectivity index (χ4n) is 2.13. The second-order valence-electron chi connectivity index (χ2n) is 4.92. The van der Waals surface area contributed by atoms with Crippen molar-refractivity contribution in [2.75, 3.05) is 5.32 Å². The van der Waals surface area contributed by atoms with Crippen molar-refractivity contribution in [1.82, 2.24) is 4.57 Å². The molecule has 1 saturated carbocycles. The van der Waals surface area contributed by atoms with Gasteiger partial charge in [0.15, 0.2) is 5.75 Å². The summed E-state index contributed by atoms with van der Waals surface area (Å²) >= 11 is 17.7. The predicted octanol–water partition coefficient (Wildman–Crippen LogP) is 4.74. The lowest BCUT2D eigenvalue weighted by Gasteiger charge is -2.11. The van der Waals surface area contributed by atoms with Crippen LogP contribution in [0.2, 0.25) is 15.1 Å². The quantitative estimate of drug-likeness (QED) is 0.789. The molecular weight excluding hydrogens is 335 g/mol. The van der Waals surface area contributed by atoms with Gasteiger partial charge in [0.1, 0.15) is 5.69 Å². The largest absolute Gasteiger partial charge is 0.504 e. The minimum absolute atomic E-state index is 0.0772. The Morgan fingerprint density at radius 3 is 2.57 bits per heavy atom. The van der Waals surface area contributed by atoms with Crippen LogP contribution in [0.15, 0.2) is 24.4 Å². The molecule has 1 aromatic carbocycles. The number of nitrogens with one attached hydrogen (secondary N) is 1. The summed E-state index contributed by atoms with van der Waals surface area (Å²) in [5.74, 6) is -0.590. The number of hydrogen-bond acceptors (Lipinski definition) is 2. The lowest BCUT2D eigenvalue weighted by atomic mass is 10.2. The molecule has 1 aliphatic rings. The van der Waals surface area contributed by atoms with Crippen molar-refractivity contribution in [2.24, 2.45) is 0 Å². The Balaban J connectivity index is 1.90. The van der Waals surface area contributed by atoms with Gasteiger partial charge < -0.3 is 15.0 Å². The normalized spacial score (nSPS) is 14.2. The third-order valence-electron chi connectivity index (χ3n) is 3.26. The van der Waals surface area contributed by atoms with Crippen LogP contribution >= 0.6 is 34.8 Å². The number of aromatic hydroxyl groups is 1. The number of anilines is 1. The Hall–Kier alpha value is -1.36. The lowest BCUT2D eigenvalue weighted by molar-refractivity contribution is 0.101. The fraction of sp³-hybridized carbons (Fsp3) is 0.214. The summed E-state index contributed by atoms with van der Waals surface area (Å²) in [6.07, 6.45) is 3.79. The van der Waals surface area contributed by atoms with E-state index >= 15 is 0 Å². The summed E-state index contributed by atoms with van der Waals surface area (Å²) < 4.78 is 1.85. The first kappa shape index (κ1) is 14.6. The molecule has 0 bridgehead atoms. The molecule has 110 valence electrons. The molecule has 0 spiro atoms. The first-order chi connectivity index (χ1) is 9.95. The van der Waals surface area contributed by atoms with Crippen LogP contribution in [0, 0.1) is 0 Å². The molecule has 1 aliphatic carbocycles. The SMILES string of the molecule is O=C(Nc1cc(Cl)cc(Cl)c1O)c1cc(Cl)cn1C1CC1. The highest BCUT2D eigenvalue weighted by molar-refractivity contribution is 6.36. The van der Waals surface area contributed by atoms with Crippen LogP contribution in [0.25, 0.3) is 0 Å². The molecule has 2 N–H and O–H groups in total. The Morgan fingerprint density at radius 2 is 1.90 bits per heavy atom. The zero-order chi connectivity index (χ0) is 15.1. The Kier molecular flexibility index (Phi) is 3.78. The molecule has 0 saturated heterocycles. The van der Waals surface area contributed by atoms with E-state index in [4.69, 9.17) is 34.8 Å².